The number of amidine groups is 1. The fourth-order valence-corrected chi connectivity index (χ4v) is 2.59. The molecule has 2 rings (SSSR count). The van der Waals surface area contributed by atoms with Gasteiger partial charge in [-0.1, -0.05) is 37.6 Å². The molecule has 0 heterocycles. The van der Waals surface area contributed by atoms with Gasteiger partial charge in [0.2, 0.25) is 0 Å². The Bertz CT molecular complexity index is 604. The normalized spacial score (nSPS) is 10.7. The van der Waals surface area contributed by atoms with Gasteiger partial charge >= 0.3 is 0 Å². The number of fused-ring (bicyclic) bond motifs is 1. The van der Waals surface area contributed by atoms with Crippen LogP contribution in [0.2, 0.25) is 0 Å². The second kappa shape index (κ2) is 6.42. The Labute approximate surface area is 120 Å². The number of rotatable bonds is 6. The highest BCUT2D eigenvalue weighted by Crippen LogP contribution is 2.29. The lowest BCUT2D eigenvalue weighted by Crippen LogP contribution is -2.24. The van der Waals surface area contributed by atoms with Crippen molar-refractivity contribution in [2.45, 2.75) is 26.7 Å². The van der Waals surface area contributed by atoms with Crippen molar-refractivity contribution in [2.24, 2.45) is 5.73 Å². The lowest BCUT2D eigenvalue weighted by Gasteiger charge is -2.25. The molecule has 106 valence electrons. The molecule has 0 unspecified atom stereocenters. The topological polar surface area (TPSA) is 53.1 Å². The Morgan fingerprint density at radius 2 is 1.80 bits per heavy atom. The number of anilines is 1. The molecule has 0 bridgehead atoms. The molecule has 3 nitrogen and oxygen atoms in total. The van der Waals surface area contributed by atoms with Crippen LogP contribution in [-0.2, 0) is 0 Å². The number of nitrogens with one attached hydrogen (secondary N) is 1. The maximum atomic E-state index is 7.72. The summed E-state index contributed by atoms with van der Waals surface area (Å²) in [5.74, 6) is 0.129. The van der Waals surface area contributed by atoms with E-state index in [1.54, 1.807) is 0 Å². The first-order valence-corrected chi connectivity index (χ1v) is 7.30. The molecule has 3 heteroatoms. The fraction of sp³-hybridized carbons (Fsp3) is 0.353. The van der Waals surface area contributed by atoms with E-state index in [1.165, 1.54) is 23.9 Å². The van der Waals surface area contributed by atoms with Crippen LogP contribution in [0.4, 0.5) is 5.69 Å². The summed E-state index contributed by atoms with van der Waals surface area (Å²) in [6, 6.07) is 12.3. The molecule has 3 N–H and O–H groups in total. The maximum Gasteiger partial charge on any atom is 0.123 e. The molecule has 0 atom stereocenters. The van der Waals surface area contributed by atoms with Crippen molar-refractivity contribution in [3.05, 3.63) is 42.0 Å². The SMILES string of the molecule is CCCCN(CC)c1ccc(C(=N)N)c2ccccc12. The Morgan fingerprint density at radius 3 is 2.40 bits per heavy atom. The van der Waals surface area contributed by atoms with Crippen molar-refractivity contribution in [3.8, 4) is 0 Å². The molecule has 0 fully saturated rings. The minimum atomic E-state index is 0.129. The van der Waals surface area contributed by atoms with Gasteiger partial charge in [0.1, 0.15) is 5.84 Å². The van der Waals surface area contributed by atoms with Crippen molar-refractivity contribution in [3.63, 3.8) is 0 Å². The van der Waals surface area contributed by atoms with Crippen LogP contribution in [0.5, 0.6) is 0 Å². The highest BCUT2D eigenvalue weighted by atomic mass is 15.1. The number of unbranched alkanes of at least 4 members (excludes halogenated alkanes) is 1. The number of hydrogen-bond donors (Lipinski definition) is 2. The highest BCUT2D eigenvalue weighted by molar-refractivity contribution is 6.10. The average Bonchev–Trinajstić information content (AvgIpc) is 2.47. The van der Waals surface area contributed by atoms with Crippen LogP contribution in [0, 0.1) is 5.41 Å². The molecule has 0 spiro atoms. The van der Waals surface area contributed by atoms with Crippen LogP contribution in [0.1, 0.15) is 32.3 Å². The summed E-state index contributed by atoms with van der Waals surface area (Å²) in [5, 5.41) is 9.96. The van der Waals surface area contributed by atoms with Gasteiger partial charge in [-0.15, -0.1) is 0 Å². The number of hydrogen-bond acceptors (Lipinski definition) is 2. The molecular formula is C17H23N3. The number of nitrogens with two attached hydrogens (primary N) is 1. The van der Waals surface area contributed by atoms with Crippen molar-refractivity contribution in [1.29, 1.82) is 5.41 Å². The second-order valence-corrected chi connectivity index (χ2v) is 5.02. The van der Waals surface area contributed by atoms with E-state index < -0.39 is 0 Å². The van der Waals surface area contributed by atoms with E-state index >= 15 is 0 Å². The summed E-state index contributed by atoms with van der Waals surface area (Å²) >= 11 is 0. The third-order valence-electron chi connectivity index (χ3n) is 3.70. The molecule has 20 heavy (non-hydrogen) atoms. The second-order valence-electron chi connectivity index (χ2n) is 5.02. The van der Waals surface area contributed by atoms with Gasteiger partial charge in [0.25, 0.3) is 0 Å². The molecule has 2 aromatic carbocycles. The van der Waals surface area contributed by atoms with Crippen LogP contribution >= 0.6 is 0 Å². The van der Waals surface area contributed by atoms with Gasteiger partial charge in [-0.2, -0.15) is 0 Å². The van der Waals surface area contributed by atoms with Gasteiger partial charge in [0.15, 0.2) is 0 Å². The van der Waals surface area contributed by atoms with Crippen LogP contribution in [0.3, 0.4) is 0 Å². The van der Waals surface area contributed by atoms with Gasteiger partial charge in [-0.25, -0.2) is 0 Å². The molecule has 2 aromatic rings. The van der Waals surface area contributed by atoms with E-state index in [4.69, 9.17) is 11.1 Å². The fourth-order valence-electron chi connectivity index (χ4n) is 2.59. The first kappa shape index (κ1) is 14.4. The maximum absolute atomic E-state index is 7.72. The Morgan fingerprint density at radius 1 is 1.10 bits per heavy atom. The molecule has 0 aliphatic rings. The summed E-state index contributed by atoms with van der Waals surface area (Å²) in [6.45, 7) is 6.45. The first-order valence-electron chi connectivity index (χ1n) is 7.30. The quantitative estimate of drug-likeness (QED) is 0.620. The molecule has 0 saturated carbocycles. The minimum Gasteiger partial charge on any atom is -0.384 e. The van der Waals surface area contributed by atoms with Crippen LogP contribution in [-0.4, -0.2) is 18.9 Å². The van der Waals surface area contributed by atoms with E-state index in [1.807, 2.05) is 24.3 Å². The lowest BCUT2D eigenvalue weighted by molar-refractivity contribution is 0.734. The van der Waals surface area contributed by atoms with Gasteiger partial charge in [-0.3, -0.25) is 5.41 Å². The lowest BCUT2D eigenvalue weighted by atomic mass is 10.0. The van der Waals surface area contributed by atoms with E-state index in [0.717, 1.165) is 24.0 Å². The van der Waals surface area contributed by atoms with Crippen molar-refractivity contribution < 1.29 is 0 Å². The van der Waals surface area contributed by atoms with Gasteiger partial charge < -0.3 is 10.6 Å². The van der Waals surface area contributed by atoms with E-state index in [-0.39, 0.29) is 5.84 Å². The Kier molecular flexibility index (Phi) is 4.61. The number of nitrogens with zero attached hydrogens (tertiary/aromatic N) is 1. The molecule has 0 aromatic heterocycles. The number of nitrogen functional groups attached to an aromatic ring is 1. The van der Waals surface area contributed by atoms with Crippen molar-refractivity contribution >= 4 is 22.3 Å². The predicted octanol–water partition coefficient (Wildman–Crippen LogP) is 3.75. The molecule has 0 radical (unpaired) electrons. The van der Waals surface area contributed by atoms with Crippen LogP contribution in [0.15, 0.2) is 36.4 Å². The zero-order valence-electron chi connectivity index (χ0n) is 12.3. The largest absolute Gasteiger partial charge is 0.384 e. The summed E-state index contributed by atoms with van der Waals surface area (Å²) in [7, 11) is 0. The summed E-state index contributed by atoms with van der Waals surface area (Å²) in [5.41, 5.74) is 7.74. The molecule has 0 saturated heterocycles. The molecule has 0 amide bonds. The Balaban J connectivity index is 2.54. The minimum absolute atomic E-state index is 0.129. The third kappa shape index (κ3) is 2.77. The number of benzene rings is 2. The predicted molar refractivity (Wildman–Crippen MR) is 87.8 cm³/mol. The Hall–Kier alpha value is -2.03. The first-order chi connectivity index (χ1) is 9.69. The average molecular weight is 269 g/mol. The smallest absolute Gasteiger partial charge is 0.123 e. The molecule has 0 aliphatic carbocycles. The summed E-state index contributed by atoms with van der Waals surface area (Å²) in [4.78, 5) is 2.40. The van der Waals surface area contributed by atoms with Crippen LogP contribution in [0.25, 0.3) is 10.8 Å². The summed E-state index contributed by atoms with van der Waals surface area (Å²) < 4.78 is 0. The zero-order valence-corrected chi connectivity index (χ0v) is 12.3. The monoisotopic (exact) mass is 269 g/mol. The standard InChI is InChI=1S/C17H23N3/c1-3-5-12-20(4-2)16-11-10-15(17(18)19)13-8-6-7-9-14(13)16/h6-11H,3-5,12H2,1-2H3,(H3,18,19). The summed E-state index contributed by atoms with van der Waals surface area (Å²) in [6.07, 6.45) is 2.39. The van der Waals surface area contributed by atoms with Crippen LogP contribution < -0.4 is 10.6 Å². The van der Waals surface area contributed by atoms with E-state index in [9.17, 15) is 0 Å². The highest BCUT2D eigenvalue weighted by Gasteiger charge is 2.11. The molecule has 0 aliphatic heterocycles. The van der Waals surface area contributed by atoms with Gasteiger partial charge in [-0.05, 0) is 30.9 Å². The third-order valence-corrected chi connectivity index (χ3v) is 3.70. The van der Waals surface area contributed by atoms with Gasteiger partial charge in [0, 0.05) is 29.7 Å². The van der Waals surface area contributed by atoms with E-state index in [0.29, 0.717) is 0 Å². The van der Waals surface area contributed by atoms with Gasteiger partial charge in [0.05, 0.1) is 0 Å². The van der Waals surface area contributed by atoms with E-state index in [2.05, 4.69) is 30.9 Å². The zero-order chi connectivity index (χ0) is 14.5. The molecular weight excluding hydrogens is 246 g/mol. The van der Waals surface area contributed by atoms with Crippen molar-refractivity contribution in [2.75, 3.05) is 18.0 Å². The van der Waals surface area contributed by atoms with Crippen molar-refractivity contribution in [1.82, 2.24) is 0 Å².